The van der Waals surface area contributed by atoms with Gasteiger partial charge < -0.3 is 0 Å². The normalized spacial score (nSPS) is 18.1. The van der Waals surface area contributed by atoms with Gasteiger partial charge in [0.15, 0.2) is 0 Å². The molecule has 0 amide bonds. The van der Waals surface area contributed by atoms with Gasteiger partial charge in [-0.2, -0.15) is 9.52 Å². The van der Waals surface area contributed by atoms with Gasteiger partial charge in [0.05, 0.1) is 18.0 Å². The Labute approximate surface area is 133 Å². The van der Waals surface area contributed by atoms with Crippen LogP contribution in [0.1, 0.15) is 23.6 Å². The Morgan fingerprint density at radius 1 is 1.13 bits per heavy atom. The molecule has 0 bridgehead atoms. The maximum absolute atomic E-state index is 14.0. The molecule has 1 heterocycles. The second kappa shape index (κ2) is 5.73. The van der Waals surface area contributed by atoms with Crippen LogP contribution in [-0.2, 0) is 10.0 Å². The topological polar surface area (TPSA) is 49.7 Å². The highest BCUT2D eigenvalue weighted by Crippen LogP contribution is 2.34. The molecular weight excluding hydrogens is 322 g/mol. The van der Waals surface area contributed by atoms with E-state index in [1.807, 2.05) is 6.07 Å². The highest BCUT2D eigenvalue weighted by molar-refractivity contribution is 7.88. The van der Waals surface area contributed by atoms with Crippen molar-refractivity contribution in [2.75, 3.05) is 6.26 Å². The van der Waals surface area contributed by atoms with Crippen LogP contribution in [0.15, 0.2) is 53.6 Å². The molecule has 0 fully saturated rings. The Bertz CT molecular complexity index is 867. The fourth-order valence-electron chi connectivity index (χ4n) is 2.60. The van der Waals surface area contributed by atoms with Gasteiger partial charge in [-0.1, -0.05) is 30.3 Å². The summed E-state index contributed by atoms with van der Waals surface area (Å²) in [6, 6.07) is 11.4. The summed E-state index contributed by atoms with van der Waals surface area (Å²) in [7, 11) is -3.63. The fraction of sp³-hybridized carbons (Fsp3) is 0.188. The average Bonchev–Trinajstić information content (AvgIpc) is 2.96. The molecule has 1 unspecified atom stereocenters. The van der Waals surface area contributed by atoms with Crippen LogP contribution < -0.4 is 0 Å². The largest absolute Gasteiger partial charge is 0.247 e. The van der Waals surface area contributed by atoms with Crippen LogP contribution in [0, 0.1) is 11.6 Å². The number of hydrogen-bond acceptors (Lipinski definition) is 3. The number of rotatable bonds is 3. The first kappa shape index (κ1) is 15.6. The van der Waals surface area contributed by atoms with Crippen LogP contribution in [0.5, 0.6) is 0 Å². The maximum Gasteiger partial charge on any atom is 0.247 e. The smallest absolute Gasteiger partial charge is 0.207 e. The minimum absolute atomic E-state index is 0.0166. The molecule has 1 aliphatic heterocycles. The third kappa shape index (κ3) is 3.10. The van der Waals surface area contributed by atoms with Crippen LogP contribution in [-0.4, -0.2) is 24.8 Å². The lowest BCUT2D eigenvalue weighted by molar-refractivity contribution is 0.375. The molecule has 3 rings (SSSR count). The molecule has 120 valence electrons. The molecule has 0 radical (unpaired) electrons. The first-order chi connectivity index (χ1) is 10.9. The van der Waals surface area contributed by atoms with Gasteiger partial charge in [-0.15, -0.1) is 0 Å². The van der Waals surface area contributed by atoms with Crippen LogP contribution in [0.4, 0.5) is 8.78 Å². The number of hydrazone groups is 1. The van der Waals surface area contributed by atoms with Gasteiger partial charge >= 0.3 is 0 Å². The molecule has 0 spiro atoms. The molecule has 0 saturated heterocycles. The van der Waals surface area contributed by atoms with Crippen LogP contribution >= 0.6 is 0 Å². The van der Waals surface area contributed by atoms with E-state index in [1.54, 1.807) is 24.3 Å². The Morgan fingerprint density at radius 3 is 2.48 bits per heavy atom. The number of hydrogen-bond donors (Lipinski definition) is 0. The Morgan fingerprint density at radius 2 is 1.83 bits per heavy atom. The molecule has 0 N–H and O–H groups in total. The van der Waals surface area contributed by atoms with Crippen molar-refractivity contribution in [3.63, 3.8) is 0 Å². The number of halogens is 2. The lowest BCUT2D eigenvalue weighted by Crippen LogP contribution is -2.25. The minimum Gasteiger partial charge on any atom is -0.207 e. The summed E-state index contributed by atoms with van der Waals surface area (Å²) in [6.07, 6.45) is 1.22. The predicted octanol–water partition coefficient (Wildman–Crippen LogP) is 3.08. The molecule has 1 atom stereocenters. The van der Waals surface area contributed by atoms with E-state index in [1.165, 1.54) is 0 Å². The summed E-state index contributed by atoms with van der Waals surface area (Å²) in [5, 5.41) is 4.04. The molecule has 0 aromatic heterocycles. The molecule has 2 aromatic carbocycles. The Kier molecular flexibility index (Phi) is 3.89. The molecular formula is C16H14F2N2O2S. The molecule has 1 aliphatic rings. The van der Waals surface area contributed by atoms with Gasteiger partial charge in [-0.05, 0) is 23.8 Å². The third-order valence-corrected chi connectivity index (χ3v) is 4.65. The van der Waals surface area contributed by atoms with Crippen molar-refractivity contribution < 1.29 is 17.2 Å². The second-order valence-electron chi connectivity index (χ2n) is 5.34. The van der Waals surface area contributed by atoms with Gasteiger partial charge in [0.1, 0.15) is 11.6 Å². The fourth-order valence-corrected chi connectivity index (χ4v) is 3.50. The highest BCUT2D eigenvalue weighted by Gasteiger charge is 2.35. The lowest BCUT2D eigenvalue weighted by Gasteiger charge is -2.21. The summed E-state index contributed by atoms with van der Waals surface area (Å²) < 4.78 is 52.3. The van der Waals surface area contributed by atoms with Crippen molar-refractivity contribution in [1.29, 1.82) is 0 Å². The molecule has 4 nitrogen and oxygen atoms in total. The summed E-state index contributed by atoms with van der Waals surface area (Å²) >= 11 is 0. The van der Waals surface area contributed by atoms with E-state index in [0.29, 0.717) is 0 Å². The monoisotopic (exact) mass is 336 g/mol. The van der Waals surface area contributed by atoms with Crippen LogP contribution in [0.3, 0.4) is 0 Å². The molecule has 23 heavy (non-hydrogen) atoms. The first-order valence-electron chi connectivity index (χ1n) is 6.93. The van der Waals surface area contributed by atoms with Crippen molar-refractivity contribution in [2.45, 2.75) is 12.5 Å². The maximum atomic E-state index is 14.0. The van der Waals surface area contributed by atoms with E-state index < -0.39 is 27.7 Å². The van der Waals surface area contributed by atoms with E-state index >= 15 is 0 Å². The molecule has 2 aromatic rings. The van der Waals surface area contributed by atoms with Crippen molar-refractivity contribution in [3.05, 3.63) is 71.3 Å². The number of sulfonamides is 1. The second-order valence-corrected chi connectivity index (χ2v) is 7.18. The van der Waals surface area contributed by atoms with Crippen LogP contribution in [0.25, 0.3) is 0 Å². The van der Waals surface area contributed by atoms with E-state index in [4.69, 9.17) is 0 Å². The van der Waals surface area contributed by atoms with Crippen molar-refractivity contribution >= 4 is 15.7 Å². The standard InChI is InChI=1S/C16H14F2N2O2S/c1-23(21,22)20-16(11-5-3-2-4-6-11)10-15(19-20)13-9-12(17)7-8-14(13)18/h2-9,16H,10H2,1H3. The zero-order valence-electron chi connectivity index (χ0n) is 12.3. The lowest BCUT2D eigenvalue weighted by atomic mass is 9.99. The van der Waals surface area contributed by atoms with E-state index in [0.717, 1.165) is 34.4 Å². The third-order valence-electron chi connectivity index (χ3n) is 3.64. The Hall–Kier alpha value is -2.28. The molecule has 0 saturated carbocycles. The van der Waals surface area contributed by atoms with E-state index in [-0.39, 0.29) is 17.7 Å². The van der Waals surface area contributed by atoms with Gasteiger partial charge in [0, 0.05) is 12.0 Å². The number of benzene rings is 2. The minimum atomic E-state index is -3.63. The average molecular weight is 336 g/mol. The highest BCUT2D eigenvalue weighted by atomic mass is 32.2. The van der Waals surface area contributed by atoms with Gasteiger partial charge in [-0.25, -0.2) is 17.2 Å². The first-order valence-corrected chi connectivity index (χ1v) is 8.78. The van der Waals surface area contributed by atoms with Gasteiger partial charge in [0.2, 0.25) is 10.0 Å². The van der Waals surface area contributed by atoms with Crippen molar-refractivity contribution in [1.82, 2.24) is 4.41 Å². The SMILES string of the molecule is CS(=O)(=O)N1N=C(c2cc(F)ccc2F)CC1c1ccccc1. The summed E-state index contributed by atoms with van der Waals surface area (Å²) in [5.41, 5.74) is 0.937. The van der Waals surface area contributed by atoms with E-state index in [9.17, 15) is 17.2 Å². The van der Waals surface area contributed by atoms with Crippen molar-refractivity contribution in [3.8, 4) is 0 Å². The summed E-state index contributed by atoms with van der Waals surface area (Å²) in [5.74, 6) is -1.23. The Balaban J connectivity index is 2.06. The van der Waals surface area contributed by atoms with E-state index in [2.05, 4.69) is 5.10 Å². The molecule has 7 heteroatoms. The van der Waals surface area contributed by atoms with Gasteiger partial charge in [-0.3, -0.25) is 0 Å². The van der Waals surface area contributed by atoms with Crippen molar-refractivity contribution in [2.24, 2.45) is 5.10 Å². The predicted molar refractivity (Wildman–Crippen MR) is 83.4 cm³/mol. The van der Waals surface area contributed by atoms with Gasteiger partial charge in [0.25, 0.3) is 0 Å². The molecule has 0 aliphatic carbocycles. The summed E-state index contributed by atoms with van der Waals surface area (Å²) in [6.45, 7) is 0. The zero-order chi connectivity index (χ0) is 16.6. The quantitative estimate of drug-likeness (QED) is 0.865. The van der Waals surface area contributed by atoms with Crippen LogP contribution in [0.2, 0.25) is 0 Å². The number of nitrogens with zero attached hydrogens (tertiary/aromatic N) is 2. The zero-order valence-corrected chi connectivity index (χ0v) is 13.1. The summed E-state index contributed by atoms with van der Waals surface area (Å²) in [4.78, 5) is 0.